The van der Waals surface area contributed by atoms with Gasteiger partial charge in [-0.15, -0.1) is 0 Å². The van der Waals surface area contributed by atoms with E-state index in [1.807, 2.05) is 0 Å². The maximum Gasteiger partial charge on any atom is 0.339 e. The molecule has 4 aliphatic rings. The molecule has 37 heteroatoms. The number of hydrogen-bond acceptors (Lipinski definition) is 37. The molecule has 4 aliphatic heterocycles. The Labute approximate surface area is 503 Å². The Morgan fingerprint density at radius 1 is 0.225 bits per heavy atom. The third kappa shape index (κ3) is 21.3. The van der Waals surface area contributed by atoms with Crippen molar-refractivity contribution in [2.45, 2.75) is 220 Å². The molecule has 4 saturated heterocycles. The summed E-state index contributed by atoms with van der Waals surface area (Å²) in [6.45, 7) is 9.67. The number of hydrogen-bond donors (Lipinski definition) is 0. The van der Waals surface area contributed by atoms with E-state index in [0.29, 0.717) is 0 Å². The monoisotopic (exact) mass is 1280 g/mol. The molecule has 89 heavy (non-hydrogen) atoms. The van der Waals surface area contributed by atoms with E-state index in [1.165, 1.54) is 0 Å². The number of carbonyl (C=O) groups is 16. The topological polar surface area (TPSA) is 467 Å². The maximum absolute atomic E-state index is 14.3. The fourth-order valence-corrected chi connectivity index (χ4v) is 9.27. The predicted octanol–water partition coefficient (Wildman–Crippen LogP) is -2.70. The van der Waals surface area contributed by atoms with Crippen molar-refractivity contribution in [2.75, 3.05) is 13.2 Å². The first kappa shape index (κ1) is 72.8. The summed E-state index contributed by atoms with van der Waals surface area (Å²) in [5.74, 6) is -19.1. The van der Waals surface area contributed by atoms with Crippen molar-refractivity contribution in [1.82, 2.24) is 0 Å². The second-order valence-corrected chi connectivity index (χ2v) is 19.4. The molecule has 37 nitrogen and oxygen atoms in total. The van der Waals surface area contributed by atoms with Crippen LogP contribution in [-0.4, -0.2) is 232 Å². The second kappa shape index (κ2) is 32.5. The van der Waals surface area contributed by atoms with Crippen molar-refractivity contribution < 1.29 is 176 Å². The van der Waals surface area contributed by atoms with Crippen molar-refractivity contribution in [3.05, 3.63) is 0 Å². The van der Waals surface area contributed by atoms with E-state index in [9.17, 15) is 76.7 Å². The van der Waals surface area contributed by atoms with Crippen LogP contribution in [0.3, 0.4) is 0 Å². The van der Waals surface area contributed by atoms with E-state index in [4.69, 9.17) is 99.5 Å². The molecule has 0 aliphatic carbocycles. The molecule has 0 aromatic heterocycles. The van der Waals surface area contributed by atoms with E-state index < -0.39 is 232 Å². The Morgan fingerprint density at radius 3 is 0.652 bits per heavy atom. The minimum absolute atomic E-state index is 0.837. The Bertz CT molecular complexity index is 2520. The van der Waals surface area contributed by atoms with Gasteiger partial charge in [-0.2, -0.15) is 0 Å². The predicted molar refractivity (Wildman–Crippen MR) is 268 cm³/mol. The molecule has 20 atom stereocenters. The van der Waals surface area contributed by atoms with Crippen LogP contribution in [0.25, 0.3) is 0 Å². The first-order chi connectivity index (χ1) is 41.5. The van der Waals surface area contributed by atoms with Crippen LogP contribution in [0.2, 0.25) is 0 Å². The van der Waals surface area contributed by atoms with Crippen molar-refractivity contribution in [3.8, 4) is 0 Å². The SMILES string of the molecule is CC(=O)OC1C(OC(C)=O)[C@H](OC(C)=O)C(COC(=O)C2O[C@H](OC(C)=O)C(OC(C)=O)[C@@H](OC(C)=O)[C@H]2OC(C)=O)O[C@H]1OC1OC(COC(=O)C2O[C@H](OC(C)=O)[C@H](OC(C)=O)C(OC(C)=O)[C@H]2OC(C)=O)[C@@H](OC(C)=O)[C@H](OC(C)=O)[C@@H]1OC(C)=O. The molecule has 0 bridgehead atoms. The van der Waals surface area contributed by atoms with Crippen molar-refractivity contribution >= 4 is 95.5 Å². The normalized spacial score (nSPS) is 31.3. The van der Waals surface area contributed by atoms with Crippen LogP contribution >= 0.6 is 0 Å². The summed E-state index contributed by atoms with van der Waals surface area (Å²) in [6.07, 6.45) is -42.0. The van der Waals surface area contributed by atoms with E-state index in [2.05, 4.69) is 0 Å². The first-order valence-corrected chi connectivity index (χ1v) is 26.5. The van der Waals surface area contributed by atoms with Gasteiger partial charge in [-0.25, -0.2) is 9.59 Å². The number of rotatable bonds is 22. The molecule has 0 saturated carbocycles. The van der Waals surface area contributed by atoms with E-state index >= 15 is 0 Å². The molecule has 0 amide bonds. The van der Waals surface area contributed by atoms with Gasteiger partial charge in [-0.3, -0.25) is 67.1 Å². The molecule has 496 valence electrons. The van der Waals surface area contributed by atoms with Gasteiger partial charge in [0, 0.05) is 96.9 Å². The molecular formula is C52H66O37. The zero-order chi connectivity index (χ0) is 67.0. The Kier molecular flexibility index (Phi) is 26.6. The smallest absolute Gasteiger partial charge is 0.339 e. The van der Waals surface area contributed by atoms with E-state index in [1.54, 1.807) is 0 Å². The molecule has 0 aromatic rings. The molecular weight excluding hydrogens is 1220 g/mol. The highest BCUT2D eigenvalue weighted by atomic mass is 16.8. The van der Waals surface area contributed by atoms with Crippen molar-refractivity contribution in [3.63, 3.8) is 0 Å². The zero-order valence-corrected chi connectivity index (χ0v) is 50.1. The lowest BCUT2D eigenvalue weighted by Crippen LogP contribution is -2.67. The summed E-state index contributed by atoms with van der Waals surface area (Å²) in [5.41, 5.74) is 0. The minimum atomic E-state index is -2.35. The lowest BCUT2D eigenvalue weighted by molar-refractivity contribution is -0.377. The maximum atomic E-state index is 14.3. The molecule has 0 aromatic carbocycles. The van der Waals surface area contributed by atoms with Gasteiger partial charge in [0.05, 0.1) is 0 Å². The highest BCUT2D eigenvalue weighted by Gasteiger charge is 2.61. The summed E-state index contributed by atoms with van der Waals surface area (Å²) >= 11 is 0. The third-order valence-corrected chi connectivity index (χ3v) is 11.9. The van der Waals surface area contributed by atoms with Gasteiger partial charge < -0.3 is 99.5 Å². The van der Waals surface area contributed by atoms with Crippen LogP contribution in [0.5, 0.6) is 0 Å². The zero-order valence-electron chi connectivity index (χ0n) is 50.1. The van der Waals surface area contributed by atoms with Crippen LogP contribution in [-0.2, 0) is 176 Å². The quantitative estimate of drug-likeness (QED) is 0.0786. The van der Waals surface area contributed by atoms with Crippen LogP contribution in [0.4, 0.5) is 0 Å². The highest BCUT2D eigenvalue weighted by molar-refractivity contribution is 5.79. The van der Waals surface area contributed by atoms with Crippen LogP contribution in [0.15, 0.2) is 0 Å². The fourth-order valence-electron chi connectivity index (χ4n) is 9.27. The Morgan fingerprint density at radius 2 is 0.416 bits per heavy atom. The van der Waals surface area contributed by atoms with Crippen molar-refractivity contribution in [1.29, 1.82) is 0 Å². The van der Waals surface area contributed by atoms with Crippen molar-refractivity contribution in [2.24, 2.45) is 0 Å². The van der Waals surface area contributed by atoms with Crippen LogP contribution < -0.4 is 0 Å². The summed E-state index contributed by atoms with van der Waals surface area (Å²) in [6, 6.07) is 0. The molecule has 4 fully saturated rings. The largest absolute Gasteiger partial charge is 0.461 e. The molecule has 0 spiro atoms. The highest BCUT2D eigenvalue weighted by Crippen LogP contribution is 2.38. The molecule has 4 heterocycles. The van der Waals surface area contributed by atoms with Gasteiger partial charge in [0.2, 0.25) is 37.4 Å². The summed E-state index contributed by atoms with van der Waals surface area (Å²) < 4.78 is 116. The van der Waals surface area contributed by atoms with E-state index in [0.717, 1.165) is 96.9 Å². The van der Waals surface area contributed by atoms with Crippen LogP contribution in [0.1, 0.15) is 96.9 Å². The van der Waals surface area contributed by atoms with Gasteiger partial charge >= 0.3 is 95.5 Å². The summed E-state index contributed by atoms with van der Waals surface area (Å²) in [7, 11) is 0. The number of carbonyl (C=O) groups excluding carboxylic acids is 16. The Hall–Kier alpha value is -8.68. The second-order valence-electron chi connectivity index (χ2n) is 19.4. The third-order valence-electron chi connectivity index (χ3n) is 11.9. The summed E-state index contributed by atoms with van der Waals surface area (Å²) in [4.78, 5) is 205. The lowest BCUT2D eigenvalue weighted by atomic mass is 9.96. The Balaban J connectivity index is 1.88. The standard InChI is InChI=1S/C52H66O37/c1-17(53)71-33-31(15-69-47(67)41-37(75-21(5)57)39(77-23(7)59)45(81-27(11)63)49(87-41)83-29(13)65)85-51(43(79-25(9)61)35(33)73-19(3)55)89-52-44(80-26(10)62)36(74-20(4)56)34(72-18(2)54)32(86-52)16-70-48(68)42-38(76-22(6)58)40(78-24(8)60)46(82-28(12)64)50(88-42)84-30(14)66/h31-46,49-52H,15-16H2,1-14H3/t31?,32?,33-,34-,35+,36?,37-,38-,39?,40+,41?,42?,43+,44?,45-,46?,49+,50+,51?,52+/m1/s1. The molecule has 9 unspecified atom stereocenters. The van der Waals surface area contributed by atoms with Crippen LogP contribution in [0, 0.1) is 0 Å². The van der Waals surface area contributed by atoms with Gasteiger partial charge in [-0.1, -0.05) is 0 Å². The fraction of sp³-hybridized carbons (Fsp3) is 0.692. The van der Waals surface area contributed by atoms with Gasteiger partial charge in [0.25, 0.3) is 0 Å². The first-order valence-electron chi connectivity index (χ1n) is 26.5. The van der Waals surface area contributed by atoms with Gasteiger partial charge in [0.15, 0.2) is 73.2 Å². The molecule has 4 rings (SSSR count). The van der Waals surface area contributed by atoms with E-state index in [-0.39, 0.29) is 0 Å². The molecule has 0 radical (unpaired) electrons. The average Bonchev–Trinajstić information content (AvgIpc) is 0.908. The number of ether oxygens (including phenoxy) is 21. The lowest BCUT2D eigenvalue weighted by Gasteiger charge is -2.48. The minimum Gasteiger partial charge on any atom is -0.461 e. The average molecular weight is 1280 g/mol. The number of esters is 16. The van der Waals surface area contributed by atoms with Gasteiger partial charge in [-0.05, 0) is 0 Å². The van der Waals surface area contributed by atoms with Gasteiger partial charge in [0.1, 0.15) is 25.4 Å². The molecule has 0 N–H and O–H groups in total. The summed E-state index contributed by atoms with van der Waals surface area (Å²) in [5, 5.41) is 0.